The fraction of sp³-hybridized carbons (Fsp3) is 0.700. The van der Waals surface area contributed by atoms with Crippen LogP contribution in [0.15, 0.2) is 11.6 Å². The van der Waals surface area contributed by atoms with Crippen molar-refractivity contribution in [3.8, 4) is 6.07 Å². The minimum absolute atomic E-state index is 1.09. The van der Waals surface area contributed by atoms with E-state index in [0.29, 0.717) is 0 Å². The van der Waals surface area contributed by atoms with Crippen LogP contribution in [-0.4, -0.2) is 0 Å². The molecule has 0 saturated carbocycles. The van der Waals surface area contributed by atoms with Crippen molar-refractivity contribution in [2.75, 3.05) is 0 Å². The van der Waals surface area contributed by atoms with Crippen molar-refractivity contribution < 1.29 is 0 Å². The molecule has 0 saturated heterocycles. The first-order valence-electron chi connectivity index (χ1n) is 4.36. The van der Waals surface area contributed by atoms with E-state index in [9.17, 15) is 0 Å². The van der Waals surface area contributed by atoms with Crippen LogP contribution < -0.4 is 0 Å². The molecule has 11 heavy (non-hydrogen) atoms. The molecule has 0 aromatic rings. The fourth-order valence-electron chi connectivity index (χ4n) is 1.01. The molecule has 0 fully saturated rings. The lowest BCUT2D eigenvalue weighted by molar-refractivity contribution is 0.664. The summed E-state index contributed by atoms with van der Waals surface area (Å²) in [4.78, 5) is 0. The quantitative estimate of drug-likeness (QED) is 0.436. The molecule has 0 atom stereocenters. The van der Waals surface area contributed by atoms with Gasteiger partial charge in [-0.1, -0.05) is 31.8 Å². The molecule has 0 rings (SSSR count). The molecule has 0 aliphatic carbocycles. The standard InChI is InChI=1S/C10H17N/c1-3-4-5-6-7-10(2)8-9-11/h8H,3-7H2,1-2H3/b10-8-. The highest BCUT2D eigenvalue weighted by Gasteiger charge is 1.89. The van der Waals surface area contributed by atoms with Crippen LogP contribution in [-0.2, 0) is 0 Å². The van der Waals surface area contributed by atoms with Gasteiger partial charge in [0.05, 0.1) is 6.07 Å². The van der Waals surface area contributed by atoms with E-state index in [1.165, 1.54) is 31.3 Å². The second-order valence-corrected chi connectivity index (χ2v) is 2.93. The molecular weight excluding hydrogens is 134 g/mol. The fourth-order valence-corrected chi connectivity index (χ4v) is 1.01. The third-order valence-electron chi connectivity index (χ3n) is 1.74. The number of unbranched alkanes of at least 4 members (excludes halogenated alkanes) is 3. The summed E-state index contributed by atoms with van der Waals surface area (Å²) in [5.41, 5.74) is 1.21. The second kappa shape index (κ2) is 7.34. The first-order valence-corrected chi connectivity index (χ1v) is 4.36. The Hall–Kier alpha value is -0.770. The molecule has 0 spiro atoms. The molecule has 0 aliphatic heterocycles. The Morgan fingerprint density at radius 1 is 1.36 bits per heavy atom. The normalized spacial score (nSPS) is 11.2. The summed E-state index contributed by atoms with van der Waals surface area (Å²) in [6.07, 6.45) is 7.87. The highest BCUT2D eigenvalue weighted by atomic mass is 14.2. The summed E-state index contributed by atoms with van der Waals surface area (Å²) in [6, 6.07) is 2.05. The number of allylic oxidation sites excluding steroid dienone is 2. The Morgan fingerprint density at radius 2 is 2.09 bits per heavy atom. The van der Waals surface area contributed by atoms with Crippen LogP contribution in [0.4, 0.5) is 0 Å². The average molecular weight is 151 g/mol. The molecule has 0 bridgehead atoms. The van der Waals surface area contributed by atoms with E-state index >= 15 is 0 Å². The van der Waals surface area contributed by atoms with Crippen LogP contribution in [0.2, 0.25) is 0 Å². The maximum absolute atomic E-state index is 8.31. The summed E-state index contributed by atoms with van der Waals surface area (Å²) < 4.78 is 0. The Kier molecular flexibility index (Phi) is 6.82. The number of hydrogen-bond acceptors (Lipinski definition) is 1. The zero-order valence-corrected chi connectivity index (χ0v) is 7.56. The van der Waals surface area contributed by atoms with Gasteiger partial charge in [0.1, 0.15) is 0 Å². The lowest BCUT2D eigenvalue weighted by atomic mass is 10.1. The summed E-state index contributed by atoms with van der Waals surface area (Å²) in [5, 5.41) is 8.31. The van der Waals surface area contributed by atoms with Gasteiger partial charge in [0, 0.05) is 6.08 Å². The number of nitrogens with zero attached hydrogens (tertiary/aromatic N) is 1. The van der Waals surface area contributed by atoms with Gasteiger partial charge >= 0.3 is 0 Å². The maximum Gasteiger partial charge on any atom is 0.0911 e. The van der Waals surface area contributed by atoms with Gasteiger partial charge < -0.3 is 0 Å². The third-order valence-corrected chi connectivity index (χ3v) is 1.74. The molecule has 0 unspecified atom stereocenters. The van der Waals surface area contributed by atoms with Crippen molar-refractivity contribution in [1.82, 2.24) is 0 Å². The first-order chi connectivity index (χ1) is 5.31. The molecule has 0 amide bonds. The molecule has 0 N–H and O–H groups in total. The minimum Gasteiger partial charge on any atom is -0.193 e. The zero-order chi connectivity index (χ0) is 8.53. The smallest absolute Gasteiger partial charge is 0.0911 e. The lowest BCUT2D eigenvalue weighted by Gasteiger charge is -1.97. The molecule has 0 radical (unpaired) electrons. The van der Waals surface area contributed by atoms with Crippen molar-refractivity contribution in [1.29, 1.82) is 5.26 Å². The van der Waals surface area contributed by atoms with Crippen molar-refractivity contribution in [2.24, 2.45) is 0 Å². The molecular formula is C10H17N. The van der Waals surface area contributed by atoms with Gasteiger partial charge in [0.2, 0.25) is 0 Å². The van der Waals surface area contributed by atoms with Crippen LogP contribution in [0.3, 0.4) is 0 Å². The largest absolute Gasteiger partial charge is 0.193 e. The van der Waals surface area contributed by atoms with E-state index in [1.54, 1.807) is 6.08 Å². The number of rotatable bonds is 5. The van der Waals surface area contributed by atoms with Crippen molar-refractivity contribution >= 4 is 0 Å². The molecule has 1 heteroatoms. The minimum atomic E-state index is 1.09. The van der Waals surface area contributed by atoms with Gasteiger partial charge in [-0.3, -0.25) is 0 Å². The predicted octanol–water partition coefficient (Wildman–Crippen LogP) is 3.43. The first kappa shape index (κ1) is 10.2. The Morgan fingerprint density at radius 3 is 2.64 bits per heavy atom. The van der Waals surface area contributed by atoms with Crippen LogP contribution in [0.5, 0.6) is 0 Å². The molecule has 0 aliphatic rings. The van der Waals surface area contributed by atoms with Crippen LogP contribution in [0, 0.1) is 11.3 Å². The van der Waals surface area contributed by atoms with Crippen molar-refractivity contribution in [3.05, 3.63) is 11.6 Å². The Balaban J connectivity index is 3.26. The monoisotopic (exact) mass is 151 g/mol. The molecule has 62 valence electrons. The van der Waals surface area contributed by atoms with E-state index in [4.69, 9.17) is 5.26 Å². The van der Waals surface area contributed by atoms with Gasteiger partial charge in [0.25, 0.3) is 0 Å². The van der Waals surface area contributed by atoms with Crippen molar-refractivity contribution in [2.45, 2.75) is 46.0 Å². The topological polar surface area (TPSA) is 23.8 Å². The van der Waals surface area contributed by atoms with E-state index in [0.717, 1.165) is 6.42 Å². The summed E-state index contributed by atoms with van der Waals surface area (Å²) >= 11 is 0. The average Bonchev–Trinajstić information content (AvgIpc) is 1.99. The Bertz CT molecular complexity index is 151. The third kappa shape index (κ3) is 7.12. The number of nitriles is 1. The zero-order valence-electron chi connectivity index (χ0n) is 7.56. The summed E-state index contributed by atoms with van der Waals surface area (Å²) in [5.74, 6) is 0. The van der Waals surface area contributed by atoms with E-state index in [2.05, 4.69) is 6.92 Å². The summed E-state index contributed by atoms with van der Waals surface area (Å²) in [7, 11) is 0. The SMILES string of the molecule is CCCCCC/C(C)=C\C#N. The van der Waals surface area contributed by atoms with E-state index in [1.807, 2.05) is 13.0 Å². The molecule has 0 heterocycles. The number of hydrogen-bond donors (Lipinski definition) is 0. The van der Waals surface area contributed by atoms with E-state index < -0.39 is 0 Å². The van der Waals surface area contributed by atoms with Gasteiger partial charge in [-0.25, -0.2) is 0 Å². The predicted molar refractivity (Wildman–Crippen MR) is 48.1 cm³/mol. The lowest BCUT2D eigenvalue weighted by Crippen LogP contribution is -1.78. The van der Waals surface area contributed by atoms with Crippen molar-refractivity contribution in [3.63, 3.8) is 0 Å². The van der Waals surface area contributed by atoms with Crippen LogP contribution in [0.25, 0.3) is 0 Å². The van der Waals surface area contributed by atoms with Gasteiger partial charge in [-0.15, -0.1) is 0 Å². The Labute approximate surface area is 69.7 Å². The summed E-state index contributed by atoms with van der Waals surface area (Å²) in [6.45, 7) is 4.23. The maximum atomic E-state index is 8.31. The second-order valence-electron chi connectivity index (χ2n) is 2.93. The highest BCUT2D eigenvalue weighted by molar-refractivity contribution is 5.10. The highest BCUT2D eigenvalue weighted by Crippen LogP contribution is 2.08. The molecule has 1 nitrogen and oxygen atoms in total. The molecule has 0 aromatic carbocycles. The molecule has 0 aromatic heterocycles. The van der Waals surface area contributed by atoms with E-state index in [-0.39, 0.29) is 0 Å². The van der Waals surface area contributed by atoms with Gasteiger partial charge in [-0.05, 0) is 19.8 Å². The van der Waals surface area contributed by atoms with Gasteiger partial charge in [0.15, 0.2) is 0 Å². The van der Waals surface area contributed by atoms with Crippen LogP contribution in [0.1, 0.15) is 46.0 Å². The van der Waals surface area contributed by atoms with Crippen LogP contribution >= 0.6 is 0 Å². The van der Waals surface area contributed by atoms with Gasteiger partial charge in [-0.2, -0.15) is 5.26 Å².